The average molecular weight is 423 g/mol. The minimum atomic E-state index is -0.722. The molecule has 5 nitrogen and oxygen atoms in total. The fourth-order valence-corrected chi connectivity index (χ4v) is 5.23. The molecule has 0 saturated heterocycles. The fraction of sp³-hybridized carbons (Fsp3) is 0.364. The second-order valence-corrected chi connectivity index (χ2v) is 9.63. The molecular formula is C22H22N4OS2. The number of hydrogen-bond donors (Lipinski definition) is 1. The molecule has 0 bridgehead atoms. The summed E-state index contributed by atoms with van der Waals surface area (Å²) in [6.45, 7) is 1.87. The molecule has 1 atom stereocenters. The predicted molar refractivity (Wildman–Crippen MR) is 118 cm³/mol. The lowest BCUT2D eigenvalue weighted by Gasteiger charge is -2.32. The second kappa shape index (κ2) is 8.52. The van der Waals surface area contributed by atoms with E-state index in [1.165, 1.54) is 11.8 Å². The molecule has 1 fully saturated rings. The molecule has 2 aromatic heterocycles. The molecule has 29 heavy (non-hydrogen) atoms. The highest BCUT2D eigenvalue weighted by atomic mass is 32.2. The molecule has 0 spiro atoms. The maximum absolute atomic E-state index is 12.9. The Morgan fingerprint density at radius 3 is 2.72 bits per heavy atom. The van der Waals surface area contributed by atoms with Gasteiger partial charge in [-0.2, -0.15) is 5.26 Å². The van der Waals surface area contributed by atoms with Crippen molar-refractivity contribution < 1.29 is 4.79 Å². The van der Waals surface area contributed by atoms with Gasteiger partial charge in [0.25, 0.3) is 0 Å². The summed E-state index contributed by atoms with van der Waals surface area (Å²) in [6, 6.07) is 14.2. The summed E-state index contributed by atoms with van der Waals surface area (Å²) >= 11 is 3.02. The zero-order valence-corrected chi connectivity index (χ0v) is 17.9. The van der Waals surface area contributed by atoms with Crippen LogP contribution in [0.2, 0.25) is 0 Å². The number of para-hydroxylation sites is 1. The van der Waals surface area contributed by atoms with E-state index in [4.69, 9.17) is 9.97 Å². The zero-order chi connectivity index (χ0) is 20.3. The molecular weight excluding hydrogens is 400 g/mol. The van der Waals surface area contributed by atoms with E-state index in [9.17, 15) is 10.1 Å². The number of nitrogens with zero attached hydrogens (tertiary/aromatic N) is 3. The van der Waals surface area contributed by atoms with Gasteiger partial charge in [-0.25, -0.2) is 9.97 Å². The highest BCUT2D eigenvalue weighted by molar-refractivity contribution is 8.00. The van der Waals surface area contributed by atoms with Crippen LogP contribution >= 0.6 is 23.1 Å². The topological polar surface area (TPSA) is 78.7 Å². The number of nitriles is 1. The molecule has 1 saturated carbocycles. The quantitative estimate of drug-likeness (QED) is 0.453. The Morgan fingerprint density at radius 1 is 1.21 bits per heavy atom. The fourth-order valence-electron chi connectivity index (χ4n) is 3.63. The van der Waals surface area contributed by atoms with Crippen molar-refractivity contribution in [3.8, 4) is 16.8 Å². The van der Waals surface area contributed by atoms with Crippen LogP contribution in [-0.2, 0) is 4.79 Å². The molecule has 1 amide bonds. The molecule has 2 heterocycles. The summed E-state index contributed by atoms with van der Waals surface area (Å²) in [5, 5.41) is 16.0. The van der Waals surface area contributed by atoms with Crippen molar-refractivity contribution in [1.29, 1.82) is 5.26 Å². The van der Waals surface area contributed by atoms with Crippen LogP contribution in [0.1, 0.15) is 39.0 Å². The third-order valence-electron chi connectivity index (χ3n) is 5.25. The van der Waals surface area contributed by atoms with Crippen LogP contribution in [0, 0.1) is 11.3 Å². The highest BCUT2D eigenvalue weighted by Crippen LogP contribution is 2.33. The number of carbonyl (C=O) groups excluding carboxylic acids is 1. The lowest BCUT2D eigenvalue weighted by atomic mass is 9.83. The molecule has 0 aliphatic heterocycles. The van der Waals surface area contributed by atoms with Crippen LogP contribution in [0.15, 0.2) is 46.8 Å². The molecule has 1 aliphatic rings. The number of thiophene rings is 1. The van der Waals surface area contributed by atoms with Gasteiger partial charge in [0.2, 0.25) is 5.91 Å². The first kappa shape index (κ1) is 19.9. The van der Waals surface area contributed by atoms with E-state index >= 15 is 0 Å². The number of benzene rings is 1. The van der Waals surface area contributed by atoms with E-state index in [0.717, 1.165) is 52.9 Å². The van der Waals surface area contributed by atoms with Gasteiger partial charge in [0, 0.05) is 5.39 Å². The Labute approximate surface area is 178 Å². The molecule has 3 aromatic rings. The summed E-state index contributed by atoms with van der Waals surface area (Å²) in [4.78, 5) is 23.4. The normalized spacial score (nSPS) is 16.8. The molecule has 1 aromatic carbocycles. The van der Waals surface area contributed by atoms with Gasteiger partial charge in [-0.3, -0.25) is 4.79 Å². The minimum Gasteiger partial charge on any atom is -0.337 e. The van der Waals surface area contributed by atoms with Gasteiger partial charge in [-0.05, 0) is 37.3 Å². The van der Waals surface area contributed by atoms with E-state index in [1.807, 2.05) is 48.7 Å². The van der Waals surface area contributed by atoms with Crippen LogP contribution < -0.4 is 5.32 Å². The van der Waals surface area contributed by atoms with Crippen molar-refractivity contribution in [2.24, 2.45) is 0 Å². The van der Waals surface area contributed by atoms with E-state index in [1.54, 1.807) is 11.3 Å². The molecule has 0 radical (unpaired) electrons. The van der Waals surface area contributed by atoms with Crippen LogP contribution in [0.3, 0.4) is 0 Å². The standard InChI is InChI=1S/C22H22N4OS2/c1-15(20(27)26-22(14-23)11-5-2-6-12-22)29-21-16-8-3-4-9-17(16)24-19(25-21)18-10-7-13-28-18/h3-4,7-10,13,15H,2,5-6,11-12H2,1H3,(H,26,27)/t15-/m1/s1. The van der Waals surface area contributed by atoms with Gasteiger partial charge < -0.3 is 5.32 Å². The number of carbonyl (C=O) groups is 1. The number of amides is 1. The average Bonchev–Trinajstić information content (AvgIpc) is 3.29. The SMILES string of the molecule is C[C@@H](Sc1nc(-c2cccs2)nc2ccccc12)C(=O)NC1(C#N)CCCCC1. The zero-order valence-electron chi connectivity index (χ0n) is 16.2. The predicted octanol–water partition coefficient (Wildman–Crippen LogP) is 5.18. The van der Waals surface area contributed by atoms with Gasteiger partial charge >= 0.3 is 0 Å². The summed E-state index contributed by atoms with van der Waals surface area (Å²) in [6.07, 6.45) is 4.55. The molecule has 0 unspecified atom stereocenters. The third kappa shape index (κ3) is 4.29. The van der Waals surface area contributed by atoms with Gasteiger partial charge in [0.1, 0.15) is 10.6 Å². The van der Waals surface area contributed by atoms with Crippen LogP contribution in [0.4, 0.5) is 0 Å². The largest absolute Gasteiger partial charge is 0.337 e. The lowest BCUT2D eigenvalue weighted by molar-refractivity contribution is -0.121. The summed E-state index contributed by atoms with van der Waals surface area (Å²) in [5.74, 6) is 0.563. The van der Waals surface area contributed by atoms with Gasteiger partial charge in [0.15, 0.2) is 5.82 Å². The Kier molecular flexibility index (Phi) is 5.84. The first-order valence-electron chi connectivity index (χ1n) is 9.81. The summed E-state index contributed by atoms with van der Waals surface area (Å²) < 4.78 is 0. The van der Waals surface area contributed by atoms with Crippen LogP contribution in [0.5, 0.6) is 0 Å². The van der Waals surface area contributed by atoms with Crippen molar-refractivity contribution in [3.63, 3.8) is 0 Å². The van der Waals surface area contributed by atoms with Crippen LogP contribution in [0.25, 0.3) is 21.6 Å². The van der Waals surface area contributed by atoms with Crippen molar-refractivity contribution in [1.82, 2.24) is 15.3 Å². The Morgan fingerprint density at radius 2 is 2.00 bits per heavy atom. The van der Waals surface area contributed by atoms with Crippen molar-refractivity contribution in [3.05, 3.63) is 41.8 Å². The van der Waals surface area contributed by atoms with Crippen molar-refractivity contribution in [2.45, 2.75) is 54.8 Å². The van der Waals surface area contributed by atoms with Crippen molar-refractivity contribution in [2.75, 3.05) is 0 Å². The maximum Gasteiger partial charge on any atom is 0.234 e. The van der Waals surface area contributed by atoms with E-state index in [2.05, 4.69) is 11.4 Å². The monoisotopic (exact) mass is 422 g/mol. The second-order valence-electron chi connectivity index (χ2n) is 7.35. The Hall–Kier alpha value is -2.43. The van der Waals surface area contributed by atoms with Gasteiger partial charge in [-0.1, -0.05) is 55.3 Å². The first-order valence-corrected chi connectivity index (χ1v) is 11.6. The highest BCUT2D eigenvalue weighted by Gasteiger charge is 2.35. The molecule has 7 heteroatoms. The number of nitrogens with one attached hydrogen (secondary N) is 1. The third-order valence-corrected chi connectivity index (χ3v) is 7.22. The number of fused-ring (bicyclic) bond motifs is 1. The lowest BCUT2D eigenvalue weighted by Crippen LogP contribution is -2.50. The summed E-state index contributed by atoms with van der Waals surface area (Å²) in [5.41, 5.74) is 0.141. The maximum atomic E-state index is 12.9. The Balaban J connectivity index is 1.59. The minimum absolute atomic E-state index is 0.112. The first-order chi connectivity index (χ1) is 14.1. The molecule has 1 aliphatic carbocycles. The molecule has 148 valence electrons. The Bertz CT molecular complexity index is 1050. The number of hydrogen-bond acceptors (Lipinski definition) is 6. The number of rotatable bonds is 5. The van der Waals surface area contributed by atoms with E-state index < -0.39 is 5.54 Å². The molecule has 1 N–H and O–H groups in total. The smallest absolute Gasteiger partial charge is 0.234 e. The number of thioether (sulfide) groups is 1. The van der Waals surface area contributed by atoms with Crippen molar-refractivity contribution >= 4 is 39.9 Å². The van der Waals surface area contributed by atoms with Crippen LogP contribution in [-0.4, -0.2) is 26.7 Å². The van der Waals surface area contributed by atoms with Gasteiger partial charge in [0.05, 0.1) is 21.7 Å². The van der Waals surface area contributed by atoms with E-state index in [0.29, 0.717) is 5.82 Å². The van der Waals surface area contributed by atoms with E-state index in [-0.39, 0.29) is 11.2 Å². The number of aromatic nitrogens is 2. The summed E-state index contributed by atoms with van der Waals surface area (Å²) in [7, 11) is 0. The molecule has 4 rings (SSSR count). The van der Waals surface area contributed by atoms with Gasteiger partial charge in [-0.15, -0.1) is 11.3 Å².